The number of Topliss-reactive ketones (excluding diaryl/α,β-unsaturated/α-hetero) is 1. The zero-order chi connectivity index (χ0) is 17.9. The fourth-order valence-electron chi connectivity index (χ4n) is 2.71. The highest BCUT2D eigenvalue weighted by atomic mass is 79.9. The Morgan fingerprint density at radius 2 is 1.79 bits per heavy atom. The maximum Gasteiger partial charge on any atom is 0.167 e. The third-order valence-corrected chi connectivity index (χ3v) is 5.45. The second-order valence-electron chi connectivity index (χ2n) is 6.67. The molecule has 24 heavy (non-hydrogen) atoms. The van der Waals surface area contributed by atoms with Crippen LogP contribution in [0.15, 0.2) is 34.8 Å². The molecule has 2 aromatic carbocycles. The van der Waals surface area contributed by atoms with Gasteiger partial charge in [0.25, 0.3) is 0 Å². The van der Waals surface area contributed by atoms with Crippen LogP contribution in [0, 0.1) is 13.8 Å². The molecule has 0 aliphatic rings. The van der Waals surface area contributed by atoms with E-state index in [0.717, 1.165) is 27.8 Å². The summed E-state index contributed by atoms with van der Waals surface area (Å²) in [4.78, 5) is 11.3. The monoisotopic (exact) mass is 388 g/mol. The van der Waals surface area contributed by atoms with Gasteiger partial charge in [0.1, 0.15) is 12.4 Å². The van der Waals surface area contributed by atoms with E-state index in [2.05, 4.69) is 61.0 Å². The minimum Gasteiger partial charge on any atom is -0.486 e. The van der Waals surface area contributed by atoms with Crippen LogP contribution in [0.1, 0.15) is 54.5 Å². The van der Waals surface area contributed by atoms with Crippen molar-refractivity contribution in [2.45, 2.75) is 47.0 Å². The summed E-state index contributed by atoms with van der Waals surface area (Å²) < 4.78 is 6.88. The largest absolute Gasteiger partial charge is 0.486 e. The molecular weight excluding hydrogens is 364 g/mol. The van der Waals surface area contributed by atoms with Gasteiger partial charge in [-0.05, 0) is 55.0 Å². The van der Waals surface area contributed by atoms with Crippen molar-refractivity contribution in [3.63, 3.8) is 0 Å². The van der Waals surface area contributed by atoms with Gasteiger partial charge in [-0.1, -0.05) is 54.0 Å². The number of benzene rings is 2. The molecule has 0 aromatic heterocycles. The fraction of sp³-hybridized carbons (Fsp3) is 0.381. The smallest absolute Gasteiger partial charge is 0.167 e. The molecule has 0 heterocycles. The summed E-state index contributed by atoms with van der Waals surface area (Å²) in [6, 6.07) is 10.7. The summed E-state index contributed by atoms with van der Waals surface area (Å²) in [5.74, 6) is 1.36. The van der Waals surface area contributed by atoms with Crippen molar-refractivity contribution >= 4 is 21.7 Å². The van der Waals surface area contributed by atoms with E-state index >= 15 is 0 Å². The lowest BCUT2D eigenvalue weighted by Gasteiger charge is -2.17. The zero-order valence-corrected chi connectivity index (χ0v) is 16.7. The van der Waals surface area contributed by atoms with E-state index in [1.807, 2.05) is 13.0 Å². The van der Waals surface area contributed by atoms with Crippen LogP contribution in [0.3, 0.4) is 0 Å². The van der Waals surface area contributed by atoms with Crippen LogP contribution >= 0.6 is 15.9 Å². The summed E-state index contributed by atoms with van der Waals surface area (Å²) in [5.41, 5.74) is 6.00. The molecule has 0 spiro atoms. The van der Waals surface area contributed by atoms with Gasteiger partial charge in [-0.15, -0.1) is 0 Å². The molecule has 0 N–H and O–H groups in total. The zero-order valence-electron chi connectivity index (χ0n) is 15.1. The predicted molar refractivity (Wildman–Crippen MR) is 103 cm³/mol. The first-order valence-corrected chi connectivity index (χ1v) is 9.08. The first-order valence-electron chi connectivity index (χ1n) is 8.29. The van der Waals surface area contributed by atoms with Gasteiger partial charge in [0, 0.05) is 16.5 Å². The molecule has 2 rings (SSSR count). The minimum atomic E-state index is 0.0282. The van der Waals surface area contributed by atoms with Crippen molar-refractivity contribution in [1.82, 2.24) is 0 Å². The van der Waals surface area contributed by atoms with Crippen LogP contribution < -0.4 is 4.74 Å². The van der Waals surface area contributed by atoms with E-state index in [4.69, 9.17) is 4.74 Å². The topological polar surface area (TPSA) is 26.3 Å². The van der Waals surface area contributed by atoms with Crippen LogP contribution in [0.5, 0.6) is 5.75 Å². The molecular formula is C21H25BrO2. The number of ether oxygens (including phenoxy) is 1. The quantitative estimate of drug-likeness (QED) is 0.629. The van der Waals surface area contributed by atoms with Crippen molar-refractivity contribution in [3.05, 3.63) is 62.6 Å². The van der Waals surface area contributed by atoms with Gasteiger partial charge in [-0.25, -0.2) is 0 Å². The molecule has 0 radical (unpaired) electrons. The number of hydrogen-bond donors (Lipinski definition) is 0. The Hall–Kier alpha value is -1.61. The lowest BCUT2D eigenvalue weighted by Crippen LogP contribution is -2.09. The Morgan fingerprint density at radius 3 is 2.33 bits per heavy atom. The SMILES string of the molecule is CC(=O)COc1cc(C)c(Br)c(C)c1Cc1ccc(C(C)C)cc1. The Morgan fingerprint density at radius 1 is 1.17 bits per heavy atom. The first-order chi connectivity index (χ1) is 11.3. The van der Waals surface area contributed by atoms with Crippen LogP contribution in [0.25, 0.3) is 0 Å². The molecule has 0 unspecified atom stereocenters. The van der Waals surface area contributed by atoms with Crippen molar-refractivity contribution in [1.29, 1.82) is 0 Å². The van der Waals surface area contributed by atoms with Crippen molar-refractivity contribution in [2.24, 2.45) is 0 Å². The molecule has 0 fully saturated rings. The van der Waals surface area contributed by atoms with Crippen molar-refractivity contribution in [3.8, 4) is 5.75 Å². The second kappa shape index (κ2) is 7.98. The van der Waals surface area contributed by atoms with E-state index in [9.17, 15) is 4.79 Å². The molecule has 0 atom stereocenters. The number of halogens is 1. The summed E-state index contributed by atoms with van der Waals surface area (Å²) >= 11 is 3.67. The summed E-state index contributed by atoms with van der Waals surface area (Å²) in [6.07, 6.45) is 0.788. The molecule has 0 aliphatic heterocycles. The normalized spacial score (nSPS) is 11.0. The average molecular weight is 389 g/mol. The molecule has 128 valence electrons. The molecule has 0 aliphatic carbocycles. The van der Waals surface area contributed by atoms with Crippen LogP contribution in [0.2, 0.25) is 0 Å². The summed E-state index contributed by atoms with van der Waals surface area (Å²) in [7, 11) is 0. The molecule has 0 saturated carbocycles. The predicted octanol–water partition coefficient (Wildman–Crippen LogP) is 5.75. The second-order valence-corrected chi connectivity index (χ2v) is 7.47. The highest BCUT2D eigenvalue weighted by Gasteiger charge is 2.14. The maximum absolute atomic E-state index is 11.3. The van der Waals surface area contributed by atoms with Gasteiger partial charge in [-0.2, -0.15) is 0 Å². The van der Waals surface area contributed by atoms with Gasteiger partial charge in [0.05, 0.1) is 0 Å². The summed E-state index contributed by atoms with van der Waals surface area (Å²) in [5, 5.41) is 0. The first kappa shape index (κ1) is 18.7. The summed E-state index contributed by atoms with van der Waals surface area (Å²) in [6.45, 7) is 10.2. The lowest BCUT2D eigenvalue weighted by atomic mass is 9.95. The van der Waals surface area contributed by atoms with Crippen molar-refractivity contribution < 1.29 is 9.53 Å². The van der Waals surface area contributed by atoms with Crippen molar-refractivity contribution in [2.75, 3.05) is 6.61 Å². The van der Waals surface area contributed by atoms with E-state index in [1.165, 1.54) is 16.7 Å². The highest BCUT2D eigenvalue weighted by Crippen LogP contribution is 2.33. The third kappa shape index (κ3) is 4.47. The minimum absolute atomic E-state index is 0.0282. The van der Waals surface area contributed by atoms with E-state index < -0.39 is 0 Å². The maximum atomic E-state index is 11.3. The number of rotatable bonds is 6. The van der Waals surface area contributed by atoms with Gasteiger partial charge >= 0.3 is 0 Å². The number of carbonyl (C=O) groups is 1. The van der Waals surface area contributed by atoms with E-state index in [-0.39, 0.29) is 12.4 Å². The number of hydrogen-bond acceptors (Lipinski definition) is 2. The fourth-order valence-corrected chi connectivity index (χ4v) is 3.07. The molecule has 0 saturated heterocycles. The molecule has 2 nitrogen and oxygen atoms in total. The van der Waals surface area contributed by atoms with E-state index in [0.29, 0.717) is 5.92 Å². The Labute approximate surface area is 153 Å². The third-order valence-electron chi connectivity index (χ3n) is 4.23. The molecule has 0 bridgehead atoms. The highest BCUT2D eigenvalue weighted by molar-refractivity contribution is 9.10. The van der Waals surface area contributed by atoms with Gasteiger partial charge in [-0.3, -0.25) is 4.79 Å². The van der Waals surface area contributed by atoms with Crippen LogP contribution in [-0.2, 0) is 11.2 Å². The number of carbonyl (C=O) groups excluding carboxylic acids is 1. The Balaban J connectivity index is 2.36. The number of aryl methyl sites for hydroxylation is 1. The van der Waals surface area contributed by atoms with Crippen LogP contribution in [0.4, 0.5) is 0 Å². The van der Waals surface area contributed by atoms with Crippen LogP contribution in [-0.4, -0.2) is 12.4 Å². The van der Waals surface area contributed by atoms with Gasteiger partial charge in [0.15, 0.2) is 5.78 Å². The van der Waals surface area contributed by atoms with Gasteiger partial charge < -0.3 is 4.74 Å². The van der Waals surface area contributed by atoms with Gasteiger partial charge in [0.2, 0.25) is 0 Å². The molecule has 2 aromatic rings. The number of ketones is 1. The Bertz CT molecular complexity index is 730. The lowest BCUT2D eigenvalue weighted by molar-refractivity contribution is -0.118. The molecule has 3 heteroatoms. The standard InChI is InChI=1S/C21H25BrO2/c1-13(2)18-8-6-17(7-9-18)11-19-16(5)21(22)14(3)10-20(19)24-12-15(4)23/h6-10,13H,11-12H2,1-5H3. The average Bonchev–Trinajstić information content (AvgIpc) is 2.54. The Kier molecular flexibility index (Phi) is 6.22. The molecule has 0 amide bonds. The van der Waals surface area contributed by atoms with E-state index in [1.54, 1.807) is 6.92 Å².